The summed E-state index contributed by atoms with van der Waals surface area (Å²) >= 11 is 0. The zero-order chi connectivity index (χ0) is 6.91. The summed E-state index contributed by atoms with van der Waals surface area (Å²) in [5.41, 5.74) is -0.563. The van der Waals surface area contributed by atoms with E-state index in [-0.39, 0.29) is 0 Å². The van der Waals surface area contributed by atoms with Crippen molar-refractivity contribution >= 4 is 0 Å². The SMILES string of the molecule is C[C@H]1CCC(C)(O)CO1. The van der Waals surface area contributed by atoms with Gasteiger partial charge in [0.25, 0.3) is 0 Å². The van der Waals surface area contributed by atoms with Crippen LogP contribution in [-0.4, -0.2) is 23.4 Å². The Hall–Kier alpha value is -0.0800. The van der Waals surface area contributed by atoms with Gasteiger partial charge >= 0.3 is 0 Å². The second-order valence-electron chi connectivity index (χ2n) is 3.16. The molecule has 0 spiro atoms. The molecule has 0 bridgehead atoms. The van der Waals surface area contributed by atoms with Gasteiger partial charge in [0.2, 0.25) is 0 Å². The molecule has 0 amide bonds. The molecule has 1 fully saturated rings. The minimum atomic E-state index is -0.563. The van der Waals surface area contributed by atoms with Crippen molar-refractivity contribution in [2.75, 3.05) is 6.61 Å². The number of aliphatic hydroxyl groups is 1. The Balaban J connectivity index is 2.35. The Morgan fingerprint density at radius 1 is 1.67 bits per heavy atom. The molecule has 54 valence electrons. The van der Waals surface area contributed by atoms with Gasteiger partial charge in [0, 0.05) is 0 Å². The number of rotatable bonds is 0. The molecule has 0 aliphatic carbocycles. The predicted molar refractivity (Wildman–Crippen MR) is 35.3 cm³/mol. The molecular weight excluding hydrogens is 116 g/mol. The van der Waals surface area contributed by atoms with Gasteiger partial charge in [-0.3, -0.25) is 0 Å². The van der Waals surface area contributed by atoms with Crippen molar-refractivity contribution in [1.29, 1.82) is 0 Å². The van der Waals surface area contributed by atoms with Crippen molar-refractivity contribution in [2.45, 2.75) is 38.4 Å². The molecule has 2 heteroatoms. The summed E-state index contributed by atoms with van der Waals surface area (Å²) in [5.74, 6) is 0. The number of ether oxygens (including phenoxy) is 1. The lowest BCUT2D eigenvalue weighted by molar-refractivity contribution is -0.103. The van der Waals surface area contributed by atoms with Gasteiger partial charge in [-0.2, -0.15) is 0 Å². The zero-order valence-electron chi connectivity index (χ0n) is 6.05. The third kappa shape index (κ3) is 1.95. The normalized spacial score (nSPS) is 45.0. The molecule has 0 aromatic carbocycles. The summed E-state index contributed by atoms with van der Waals surface area (Å²) in [5, 5.41) is 9.37. The van der Waals surface area contributed by atoms with Gasteiger partial charge in [-0.25, -0.2) is 0 Å². The average molecular weight is 130 g/mol. The molecule has 1 unspecified atom stereocenters. The van der Waals surface area contributed by atoms with Gasteiger partial charge in [-0.15, -0.1) is 0 Å². The zero-order valence-corrected chi connectivity index (χ0v) is 6.05. The Bertz CT molecular complexity index is 89.1. The fourth-order valence-electron chi connectivity index (χ4n) is 0.992. The molecule has 1 N–H and O–H groups in total. The molecule has 9 heavy (non-hydrogen) atoms. The Labute approximate surface area is 55.8 Å². The standard InChI is InChI=1S/C7H14O2/c1-6-3-4-7(2,8)5-9-6/h6,8H,3-5H2,1-2H3/t6-,7?/m0/s1. The molecular formula is C7H14O2. The average Bonchev–Trinajstić information content (AvgIpc) is 1.78. The molecule has 1 rings (SSSR count). The first-order valence-electron chi connectivity index (χ1n) is 3.44. The van der Waals surface area contributed by atoms with Crippen LogP contribution >= 0.6 is 0 Å². The lowest BCUT2D eigenvalue weighted by Crippen LogP contribution is -2.37. The van der Waals surface area contributed by atoms with Crippen molar-refractivity contribution in [3.63, 3.8) is 0 Å². The minimum absolute atomic E-state index is 0.338. The van der Waals surface area contributed by atoms with Crippen LogP contribution in [0.1, 0.15) is 26.7 Å². The van der Waals surface area contributed by atoms with Crippen molar-refractivity contribution < 1.29 is 9.84 Å². The van der Waals surface area contributed by atoms with E-state index in [4.69, 9.17) is 4.74 Å². The van der Waals surface area contributed by atoms with Crippen LogP contribution < -0.4 is 0 Å². The largest absolute Gasteiger partial charge is 0.388 e. The van der Waals surface area contributed by atoms with Crippen molar-refractivity contribution in [3.05, 3.63) is 0 Å². The van der Waals surface area contributed by atoms with E-state index in [0.717, 1.165) is 12.8 Å². The molecule has 1 heterocycles. The van der Waals surface area contributed by atoms with Gasteiger partial charge in [0.1, 0.15) is 0 Å². The topological polar surface area (TPSA) is 29.5 Å². The van der Waals surface area contributed by atoms with Crippen LogP contribution in [0.15, 0.2) is 0 Å². The number of hydrogen-bond donors (Lipinski definition) is 1. The van der Waals surface area contributed by atoms with E-state index in [9.17, 15) is 5.11 Å². The maximum atomic E-state index is 9.37. The van der Waals surface area contributed by atoms with Crippen LogP contribution in [-0.2, 0) is 4.74 Å². The van der Waals surface area contributed by atoms with Crippen LogP contribution in [0.2, 0.25) is 0 Å². The van der Waals surface area contributed by atoms with E-state index < -0.39 is 5.60 Å². The maximum absolute atomic E-state index is 9.37. The minimum Gasteiger partial charge on any atom is -0.388 e. The van der Waals surface area contributed by atoms with Gasteiger partial charge in [-0.1, -0.05) is 0 Å². The van der Waals surface area contributed by atoms with Crippen molar-refractivity contribution in [2.24, 2.45) is 0 Å². The van der Waals surface area contributed by atoms with E-state index in [2.05, 4.69) is 0 Å². The Morgan fingerprint density at radius 3 is 2.67 bits per heavy atom. The van der Waals surface area contributed by atoms with E-state index >= 15 is 0 Å². The first-order valence-corrected chi connectivity index (χ1v) is 3.44. The van der Waals surface area contributed by atoms with E-state index in [1.165, 1.54) is 0 Å². The van der Waals surface area contributed by atoms with Crippen molar-refractivity contribution in [1.82, 2.24) is 0 Å². The first-order chi connectivity index (χ1) is 4.10. The molecule has 1 aliphatic rings. The number of hydrogen-bond acceptors (Lipinski definition) is 2. The van der Waals surface area contributed by atoms with Gasteiger partial charge in [0.05, 0.1) is 18.3 Å². The maximum Gasteiger partial charge on any atom is 0.0853 e. The quantitative estimate of drug-likeness (QED) is 0.528. The third-order valence-corrected chi connectivity index (χ3v) is 1.77. The van der Waals surface area contributed by atoms with E-state index in [1.807, 2.05) is 13.8 Å². The summed E-state index contributed by atoms with van der Waals surface area (Å²) in [6, 6.07) is 0. The molecule has 1 saturated heterocycles. The Kier molecular flexibility index (Phi) is 1.78. The van der Waals surface area contributed by atoms with E-state index in [1.54, 1.807) is 0 Å². The Morgan fingerprint density at radius 2 is 2.33 bits per heavy atom. The van der Waals surface area contributed by atoms with Crippen LogP contribution in [0, 0.1) is 0 Å². The molecule has 1 aliphatic heterocycles. The smallest absolute Gasteiger partial charge is 0.0853 e. The van der Waals surface area contributed by atoms with E-state index in [0.29, 0.717) is 12.7 Å². The molecule has 0 aromatic rings. The predicted octanol–water partition coefficient (Wildman–Crippen LogP) is 0.936. The van der Waals surface area contributed by atoms with Crippen molar-refractivity contribution in [3.8, 4) is 0 Å². The fraction of sp³-hybridized carbons (Fsp3) is 1.00. The molecule has 0 radical (unpaired) electrons. The first kappa shape index (κ1) is 7.03. The summed E-state index contributed by atoms with van der Waals surface area (Å²) in [7, 11) is 0. The van der Waals surface area contributed by atoms with Gasteiger partial charge < -0.3 is 9.84 Å². The second kappa shape index (κ2) is 2.27. The highest BCUT2D eigenvalue weighted by Crippen LogP contribution is 2.21. The highest BCUT2D eigenvalue weighted by Gasteiger charge is 2.26. The monoisotopic (exact) mass is 130 g/mol. The van der Waals surface area contributed by atoms with Crippen LogP contribution in [0.25, 0.3) is 0 Å². The lowest BCUT2D eigenvalue weighted by atomic mass is 9.97. The second-order valence-corrected chi connectivity index (χ2v) is 3.16. The molecule has 2 atom stereocenters. The van der Waals surface area contributed by atoms with Gasteiger partial charge in [-0.05, 0) is 26.7 Å². The third-order valence-electron chi connectivity index (χ3n) is 1.77. The fourth-order valence-corrected chi connectivity index (χ4v) is 0.992. The van der Waals surface area contributed by atoms with Crippen LogP contribution in [0.3, 0.4) is 0 Å². The molecule has 0 aromatic heterocycles. The lowest BCUT2D eigenvalue weighted by Gasteiger charge is -2.31. The summed E-state index contributed by atoms with van der Waals surface area (Å²) < 4.78 is 5.24. The highest BCUT2D eigenvalue weighted by atomic mass is 16.5. The summed E-state index contributed by atoms with van der Waals surface area (Å²) in [4.78, 5) is 0. The summed E-state index contributed by atoms with van der Waals surface area (Å²) in [6.07, 6.45) is 2.19. The molecule has 0 saturated carbocycles. The highest BCUT2D eigenvalue weighted by molar-refractivity contribution is 4.77. The van der Waals surface area contributed by atoms with Crippen LogP contribution in [0.4, 0.5) is 0 Å². The summed E-state index contributed by atoms with van der Waals surface area (Å²) in [6.45, 7) is 4.35. The van der Waals surface area contributed by atoms with Gasteiger partial charge in [0.15, 0.2) is 0 Å². The van der Waals surface area contributed by atoms with Crippen LogP contribution in [0.5, 0.6) is 0 Å². The molecule has 2 nitrogen and oxygen atoms in total.